The summed E-state index contributed by atoms with van der Waals surface area (Å²) in [4.78, 5) is 8.03. The molecule has 0 saturated heterocycles. The molecule has 1 heterocycles. The number of nitrogens with zero attached hydrogens (tertiary/aromatic N) is 2. The maximum Gasteiger partial charge on any atom is 0.173 e. The lowest BCUT2D eigenvalue weighted by Gasteiger charge is -2.27. The van der Waals surface area contributed by atoms with Crippen LogP contribution in [0.3, 0.4) is 0 Å². The Morgan fingerprint density at radius 1 is 1.13 bits per heavy atom. The molecule has 0 bridgehead atoms. The number of halogens is 1. The van der Waals surface area contributed by atoms with Crippen LogP contribution in [-0.4, -0.2) is 53.2 Å². The number of thiocarbonyl (C=S) groups is 1. The molecule has 31 heavy (non-hydrogen) atoms. The van der Waals surface area contributed by atoms with E-state index in [1.54, 1.807) is 7.11 Å². The Morgan fingerprint density at radius 2 is 1.90 bits per heavy atom. The van der Waals surface area contributed by atoms with E-state index < -0.39 is 0 Å². The number of aromatic amines is 1. The van der Waals surface area contributed by atoms with Crippen LogP contribution in [-0.2, 0) is 6.54 Å². The molecule has 0 saturated carbocycles. The molecule has 0 spiro atoms. The van der Waals surface area contributed by atoms with Crippen molar-refractivity contribution in [1.29, 1.82) is 0 Å². The maximum absolute atomic E-state index is 6.29. The van der Waals surface area contributed by atoms with Crippen molar-refractivity contribution < 1.29 is 4.74 Å². The first kappa shape index (κ1) is 23.4. The summed E-state index contributed by atoms with van der Waals surface area (Å²) >= 11 is 12.1. The predicted molar refractivity (Wildman–Crippen MR) is 135 cm³/mol. The zero-order valence-electron chi connectivity index (χ0n) is 18.5. The highest BCUT2D eigenvalue weighted by Gasteiger charge is 2.14. The summed E-state index contributed by atoms with van der Waals surface area (Å²) in [5, 5.41) is 5.82. The molecule has 166 valence electrons. The summed E-state index contributed by atoms with van der Waals surface area (Å²) < 4.78 is 5.25. The summed E-state index contributed by atoms with van der Waals surface area (Å²) in [6, 6.07) is 14.0. The fourth-order valence-corrected chi connectivity index (χ4v) is 4.22. The van der Waals surface area contributed by atoms with E-state index >= 15 is 0 Å². The van der Waals surface area contributed by atoms with Crippen LogP contribution in [0.1, 0.15) is 25.8 Å². The topological polar surface area (TPSA) is 43.5 Å². The van der Waals surface area contributed by atoms with Crippen LogP contribution in [0.15, 0.2) is 48.7 Å². The van der Waals surface area contributed by atoms with E-state index in [0.29, 0.717) is 15.9 Å². The number of H-pyrrole nitrogens is 1. The van der Waals surface area contributed by atoms with Crippen molar-refractivity contribution in [2.24, 2.45) is 0 Å². The van der Waals surface area contributed by atoms with Crippen molar-refractivity contribution >= 4 is 45.5 Å². The van der Waals surface area contributed by atoms with Gasteiger partial charge >= 0.3 is 0 Å². The first-order valence-electron chi connectivity index (χ1n) is 10.7. The second kappa shape index (κ2) is 11.4. The summed E-state index contributed by atoms with van der Waals surface area (Å²) in [6.45, 7) is 9.18. The summed E-state index contributed by atoms with van der Waals surface area (Å²) in [5.74, 6) is 0.646. The molecule has 0 aliphatic rings. The van der Waals surface area contributed by atoms with Crippen LogP contribution in [0.25, 0.3) is 10.9 Å². The Labute approximate surface area is 195 Å². The van der Waals surface area contributed by atoms with Gasteiger partial charge in [-0.3, -0.25) is 0 Å². The molecular weight excluding hydrogens is 428 g/mol. The van der Waals surface area contributed by atoms with Crippen LogP contribution in [0.4, 0.5) is 5.69 Å². The van der Waals surface area contributed by atoms with Crippen molar-refractivity contribution in [1.82, 2.24) is 14.8 Å². The third kappa shape index (κ3) is 6.12. The fourth-order valence-electron chi connectivity index (χ4n) is 3.69. The molecule has 1 aromatic heterocycles. The van der Waals surface area contributed by atoms with Crippen LogP contribution in [0.5, 0.6) is 5.75 Å². The van der Waals surface area contributed by atoms with Gasteiger partial charge in [-0.2, -0.15) is 0 Å². The van der Waals surface area contributed by atoms with Crippen molar-refractivity contribution in [3.63, 3.8) is 0 Å². The van der Waals surface area contributed by atoms with E-state index in [1.165, 1.54) is 10.9 Å². The van der Waals surface area contributed by atoms with Crippen molar-refractivity contribution in [2.75, 3.05) is 38.6 Å². The number of aromatic nitrogens is 1. The molecule has 3 aromatic rings. The fraction of sp³-hybridized carbons (Fsp3) is 0.375. The van der Waals surface area contributed by atoms with Crippen molar-refractivity contribution in [2.45, 2.75) is 26.8 Å². The van der Waals surface area contributed by atoms with Gasteiger partial charge in [0.05, 0.1) is 12.1 Å². The smallest absolute Gasteiger partial charge is 0.173 e. The van der Waals surface area contributed by atoms with E-state index in [4.69, 9.17) is 28.6 Å². The molecule has 3 rings (SSSR count). The normalized spacial score (nSPS) is 11.1. The Kier molecular flexibility index (Phi) is 8.58. The minimum atomic E-state index is 0.556. The van der Waals surface area contributed by atoms with Crippen molar-refractivity contribution in [3.8, 4) is 5.75 Å². The van der Waals surface area contributed by atoms with Gasteiger partial charge in [-0.15, -0.1) is 0 Å². The second-order valence-electron chi connectivity index (χ2n) is 7.44. The zero-order chi connectivity index (χ0) is 22.2. The maximum atomic E-state index is 6.29. The Balaban J connectivity index is 1.75. The van der Waals surface area contributed by atoms with Gasteiger partial charge in [0, 0.05) is 35.9 Å². The average Bonchev–Trinajstić information content (AvgIpc) is 3.19. The van der Waals surface area contributed by atoms with Gasteiger partial charge in [0.2, 0.25) is 0 Å². The van der Waals surface area contributed by atoms with E-state index in [2.05, 4.69) is 58.3 Å². The van der Waals surface area contributed by atoms with Crippen LogP contribution in [0, 0.1) is 0 Å². The molecule has 0 fully saturated rings. The molecule has 0 unspecified atom stereocenters. The molecule has 0 amide bonds. The minimum Gasteiger partial charge on any atom is -0.495 e. The van der Waals surface area contributed by atoms with Gasteiger partial charge in [0.25, 0.3) is 0 Å². The zero-order valence-corrected chi connectivity index (χ0v) is 20.0. The number of nitrogens with one attached hydrogen (secondary N) is 2. The molecule has 0 aliphatic heterocycles. The number of ether oxygens (including phenoxy) is 1. The molecule has 2 N–H and O–H groups in total. The quantitative estimate of drug-likeness (QED) is 0.378. The summed E-state index contributed by atoms with van der Waals surface area (Å²) in [6.07, 6.45) is 3.12. The van der Waals surface area contributed by atoms with E-state index in [9.17, 15) is 0 Å². The standard InChI is InChI=1S/C24H31ClN4OS/c1-4-28(5-2)13-8-14-29(17-18-16-26-22-10-7-6-9-20(18)22)24(31)27-19-11-12-23(30-3)21(25)15-19/h6-7,9-12,15-16,26H,4-5,8,13-14,17H2,1-3H3,(H,27,31). The number of hydrogen-bond acceptors (Lipinski definition) is 3. The molecule has 5 nitrogen and oxygen atoms in total. The Bertz CT molecular complexity index is 1000. The highest BCUT2D eigenvalue weighted by Crippen LogP contribution is 2.27. The largest absolute Gasteiger partial charge is 0.495 e. The highest BCUT2D eigenvalue weighted by atomic mass is 35.5. The van der Waals surface area contributed by atoms with Crippen LogP contribution in [0.2, 0.25) is 5.02 Å². The number of para-hydroxylation sites is 1. The lowest BCUT2D eigenvalue weighted by atomic mass is 10.1. The molecule has 0 aliphatic carbocycles. The Hall–Kier alpha value is -2.28. The molecule has 2 aromatic carbocycles. The van der Waals surface area contributed by atoms with Gasteiger partial charge in [-0.25, -0.2) is 0 Å². The van der Waals surface area contributed by atoms with Gasteiger partial charge in [0.15, 0.2) is 5.11 Å². The van der Waals surface area contributed by atoms with Crippen LogP contribution >= 0.6 is 23.8 Å². The molecule has 0 atom stereocenters. The highest BCUT2D eigenvalue weighted by molar-refractivity contribution is 7.80. The number of benzene rings is 2. The summed E-state index contributed by atoms with van der Waals surface area (Å²) in [5.41, 5.74) is 3.22. The van der Waals surface area contributed by atoms with E-state index in [0.717, 1.165) is 50.3 Å². The SMILES string of the molecule is CCN(CC)CCCN(Cc1c[nH]c2ccccc12)C(=S)Nc1ccc(OC)c(Cl)c1. The first-order valence-corrected chi connectivity index (χ1v) is 11.5. The predicted octanol–water partition coefficient (Wildman–Crippen LogP) is 5.76. The first-order chi connectivity index (χ1) is 15.0. The number of rotatable bonds is 10. The number of fused-ring (bicyclic) bond motifs is 1. The minimum absolute atomic E-state index is 0.556. The van der Waals surface area contributed by atoms with E-state index in [1.807, 2.05) is 24.3 Å². The van der Waals surface area contributed by atoms with Crippen LogP contribution < -0.4 is 10.1 Å². The number of methoxy groups -OCH3 is 1. The van der Waals surface area contributed by atoms with Gasteiger partial charge in [-0.05, 0) is 68.1 Å². The molecule has 7 heteroatoms. The lowest BCUT2D eigenvalue weighted by Crippen LogP contribution is -2.36. The number of anilines is 1. The van der Waals surface area contributed by atoms with Gasteiger partial charge < -0.3 is 24.8 Å². The third-order valence-corrected chi connectivity index (χ3v) is 6.18. The van der Waals surface area contributed by atoms with Gasteiger partial charge in [-0.1, -0.05) is 43.6 Å². The number of hydrogen-bond donors (Lipinski definition) is 2. The lowest BCUT2D eigenvalue weighted by molar-refractivity contribution is 0.281. The average molecular weight is 459 g/mol. The second-order valence-corrected chi connectivity index (χ2v) is 8.23. The monoisotopic (exact) mass is 458 g/mol. The summed E-state index contributed by atoms with van der Waals surface area (Å²) in [7, 11) is 1.61. The Morgan fingerprint density at radius 3 is 2.61 bits per heavy atom. The third-order valence-electron chi connectivity index (χ3n) is 5.52. The van der Waals surface area contributed by atoms with E-state index in [-0.39, 0.29) is 0 Å². The van der Waals surface area contributed by atoms with Crippen molar-refractivity contribution in [3.05, 3.63) is 59.2 Å². The van der Waals surface area contributed by atoms with Gasteiger partial charge in [0.1, 0.15) is 5.75 Å². The molecule has 0 radical (unpaired) electrons. The molecular formula is C24H31ClN4OS.